The molecule has 0 saturated carbocycles. The summed E-state index contributed by atoms with van der Waals surface area (Å²) in [6.45, 7) is 7.09. The van der Waals surface area contributed by atoms with Gasteiger partial charge in [0.25, 0.3) is 0 Å². The number of fused-ring (bicyclic) bond motifs is 1. The van der Waals surface area contributed by atoms with Crippen LogP contribution in [0.15, 0.2) is 51.1 Å². The van der Waals surface area contributed by atoms with Crippen molar-refractivity contribution in [3.05, 3.63) is 52.9 Å². The third-order valence-electron chi connectivity index (χ3n) is 5.01. The molecule has 2 N–H and O–H groups in total. The summed E-state index contributed by atoms with van der Waals surface area (Å²) in [7, 11) is 0. The first-order chi connectivity index (χ1) is 13.8. The van der Waals surface area contributed by atoms with Crippen LogP contribution in [0.5, 0.6) is 0 Å². The zero-order valence-corrected chi connectivity index (χ0v) is 17.1. The molecule has 0 spiro atoms. The molecule has 1 aromatic carbocycles. The van der Waals surface area contributed by atoms with Crippen LogP contribution in [0.25, 0.3) is 11.3 Å². The molecule has 2 aliphatic heterocycles. The van der Waals surface area contributed by atoms with Crippen LogP contribution in [0.1, 0.15) is 38.4 Å². The van der Waals surface area contributed by atoms with E-state index in [4.69, 9.17) is 20.0 Å². The second kappa shape index (κ2) is 7.39. The molecule has 1 amide bonds. The zero-order valence-electron chi connectivity index (χ0n) is 17.1. The summed E-state index contributed by atoms with van der Waals surface area (Å²) in [5.41, 5.74) is 10.8. The Hall–Kier alpha value is -3.09. The van der Waals surface area contributed by atoms with Crippen molar-refractivity contribution in [2.24, 2.45) is 10.7 Å². The van der Waals surface area contributed by atoms with Crippen molar-refractivity contribution in [3.63, 3.8) is 0 Å². The van der Waals surface area contributed by atoms with Gasteiger partial charge in [0.2, 0.25) is 0 Å². The Kier molecular flexibility index (Phi) is 4.90. The molecule has 29 heavy (non-hydrogen) atoms. The van der Waals surface area contributed by atoms with Gasteiger partial charge in [0.05, 0.1) is 12.3 Å². The van der Waals surface area contributed by atoms with Gasteiger partial charge in [0.15, 0.2) is 5.76 Å². The fraction of sp³-hybridized carbons (Fsp3) is 0.409. The second-order valence-corrected chi connectivity index (χ2v) is 8.34. The molecule has 152 valence electrons. The Morgan fingerprint density at radius 2 is 1.97 bits per heavy atom. The van der Waals surface area contributed by atoms with Crippen LogP contribution in [0.2, 0.25) is 0 Å². The molecule has 7 nitrogen and oxygen atoms in total. The number of rotatable bonds is 2. The Bertz CT molecular complexity index is 983. The van der Waals surface area contributed by atoms with Gasteiger partial charge in [-0.15, -0.1) is 0 Å². The lowest BCUT2D eigenvalue weighted by Gasteiger charge is -2.32. The Labute approximate surface area is 170 Å². The predicted octanol–water partition coefficient (Wildman–Crippen LogP) is 3.54. The summed E-state index contributed by atoms with van der Waals surface area (Å²) in [6, 6.07) is 9.93. The summed E-state index contributed by atoms with van der Waals surface area (Å²) in [5, 5.41) is 4.32. The number of carbonyl (C=O) groups is 1. The maximum absolute atomic E-state index is 12.5. The summed E-state index contributed by atoms with van der Waals surface area (Å²) in [5.74, 6) is 0.770. The number of hydrogen-bond donors (Lipinski definition) is 1. The average molecular weight is 394 g/mol. The first kappa shape index (κ1) is 19.2. The molecular formula is C22H26N4O3. The standard InChI is InChI=1S/C22H26N4O3/c1-22(2,3)28-21(27)26-12-10-17(23)16(13-26)18-19-15(9-11-24-18)20(29-25-19)14-7-5-4-6-8-14/h4-8H,9-13,23H2,1-3H3. The second-order valence-electron chi connectivity index (χ2n) is 8.34. The zero-order chi connectivity index (χ0) is 20.6. The number of benzene rings is 1. The van der Waals surface area contributed by atoms with Gasteiger partial charge in [-0.05, 0) is 27.2 Å². The average Bonchev–Trinajstić information content (AvgIpc) is 3.12. The van der Waals surface area contributed by atoms with Gasteiger partial charge in [-0.3, -0.25) is 4.99 Å². The fourth-order valence-corrected chi connectivity index (χ4v) is 3.62. The van der Waals surface area contributed by atoms with Crippen LogP contribution < -0.4 is 5.73 Å². The first-order valence-electron chi connectivity index (χ1n) is 9.88. The normalized spacial score (nSPS) is 17.1. The lowest BCUT2D eigenvalue weighted by Crippen LogP contribution is -2.43. The molecule has 0 unspecified atom stereocenters. The molecule has 4 rings (SSSR count). The molecule has 0 saturated heterocycles. The minimum absolute atomic E-state index is 0.343. The number of aliphatic imine (C=N–C) groups is 1. The maximum atomic E-state index is 12.5. The predicted molar refractivity (Wildman–Crippen MR) is 111 cm³/mol. The van der Waals surface area contributed by atoms with Crippen molar-refractivity contribution >= 4 is 11.8 Å². The highest BCUT2D eigenvalue weighted by Crippen LogP contribution is 2.32. The van der Waals surface area contributed by atoms with Gasteiger partial charge in [-0.2, -0.15) is 0 Å². The van der Waals surface area contributed by atoms with E-state index in [-0.39, 0.29) is 6.09 Å². The molecule has 2 aromatic rings. The van der Waals surface area contributed by atoms with Crippen LogP contribution in [0.3, 0.4) is 0 Å². The van der Waals surface area contributed by atoms with E-state index in [2.05, 4.69) is 5.16 Å². The summed E-state index contributed by atoms with van der Waals surface area (Å²) >= 11 is 0. The van der Waals surface area contributed by atoms with Gasteiger partial charge in [-0.25, -0.2) is 4.79 Å². The topological polar surface area (TPSA) is 94.0 Å². The minimum atomic E-state index is -0.545. The lowest BCUT2D eigenvalue weighted by molar-refractivity contribution is 0.0262. The highest BCUT2D eigenvalue weighted by Gasteiger charge is 2.32. The van der Waals surface area contributed by atoms with Gasteiger partial charge in [0.1, 0.15) is 11.3 Å². The fourth-order valence-electron chi connectivity index (χ4n) is 3.62. The lowest BCUT2D eigenvalue weighted by atomic mass is 9.93. The van der Waals surface area contributed by atoms with Crippen LogP contribution >= 0.6 is 0 Å². The van der Waals surface area contributed by atoms with E-state index in [0.29, 0.717) is 26.1 Å². The molecule has 0 fully saturated rings. The molecule has 7 heteroatoms. The summed E-state index contributed by atoms with van der Waals surface area (Å²) < 4.78 is 11.2. The molecule has 0 bridgehead atoms. The molecule has 0 radical (unpaired) electrons. The number of amides is 1. The van der Waals surface area contributed by atoms with E-state index in [1.165, 1.54) is 0 Å². The van der Waals surface area contributed by atoms with Gasteiger partial charge < -0.3 is 19.9 Å². The van der Waals surface area contributed by atoms with E-state index in [0.717, 1.165) is 46.0 Å². The SMILES string of the molecule is CC(C)(C)OC(=O)N1CCC(N)=C(C2=NCCc3c2noc3-c2ccccc2)C1. The van der Waals surface area contributed by atoms with Crippen LogP contribution in [-0.4, -0.2) is 47.1 Å². The summed E-state index contributed by atoms with van der Waals surface area (Å²) in [4.78, 5) is 18.9. The van der Waals surface area contributed by atoms with Crippen LogP contribution in [-0.2, 0) is 11.2 Å². The van der Waals surface area contributed by atoms with E-state index < -0.39 is 5.60 Å². The van der Waals surface area contributed by atoms with Crippen molar-refractivity contribution < 1.29 is 14.1 Å². The Balaban J connectivity index is 1.63. The monoisotopic (exact) mass is 394 g/mol. The van der Waals surface area contributed by atoms with Crippen molar-refractivity contribution in [1.29, 1.82) is 0 Å². The molecule has 0 atom stereocenters. The van der Waals surface area contributed by atoms with Crippen molar-refractivity contribution in [2.75, 3.05) is 19.6 Å². The van der Waals surface area contributed by atoms with E-state index in [9.17, 15) is 4.79 Å². The van der Waals surface area contributed by atoms with Gasteiger partial charge in [0, 0.05) is 41.9 Å². The third-order valence-corrected chi connectivity index (χ3v) is 5.01. The van der Waals surface area contributed by atoms with E-state index in [1.807, 2.05) is 51.1 Å². The van der Waals surface area contributed by atoms with Crippen molar-refractivity contribution in [2.45, 2.75) is 39.2 Å². The maximum Gasteiger partial charge on any atom is 0.410 e. The number of nitrogens with zero attached hydrogens (tertiary/aromatic N) is 3. The number of carbonyl (C=O) groups excluding carboxylic acids is 1. The van der Waals surface area contributed by atoms with Crippen LogP contribution in [0, 0.1) is 0 Å². The largest absolute Gasteiger partial charge is 0.444 e. The number of aromatic nitrogens is 1. The van der Waals surface area contributed by atoms with Gasteiger partial charge >= 0.3 is 6.09 Å². The van der Waals surface area contributed by atoms with Crippen molar-refractivity contribution in [1.82, 2.24) is 10.1 Å². The van der Waals surface area contributed by atoms with Gasteiger partial charge in [-0.1, -0.05) is 35.5 Å². The molecule has 2 aliphatic rings. The number of hydrogen-bond acceptors (Lipinski definition) is 6. The highest BCUT2D eigenvalue weighted by molar-refractivity contribution is 6.14. The molecule has 3 heterocycles. The number of ether oxygens (including phenoxy) is 1. The van der Waals surface area contributed by atoms with E-state index >= 15 is 0 Å². The number of nitrogens with two attached hydrogens (primary N) is 1. The summed E-state index contributed by atoms with van der Waals surface area (Å²) in [6.07, 6.45) is 0.992. The molecule has 1 aromatic heterocycles. The first-order valence-corrected chi connectivity index (χ1v) is 9.88. The molecule has 0 aliphatic carbocycles. The highest BCUT2D eigenvalue weighted by atomic mass is 16.6. The third kappa shape index (κ3) is 3.90. The minimum Gasteiger partial charge on any atom is -0.444 e. The van der Waals surface area contributed by atoms with Crippen molar-refractivity contribution in [3.8, 4) is 11.3 Å². The smallest absolute Gasteiger partial charge is 0.410 e. The van der Waals surface area contributed by atoms with Crippen LogP contribution in [0.4, 0.5) is 4.79 Å². The Morgan fingerprint density at radius 3 is 2.69 bits per heavy atom. The molecular weight excluding hydrogens is 368 g/mol. The Morgan fingerprint density at radius 1 is 1.21 bits per heavy atom. The van der Waals surface area contributed by atoms with E-state index in [1.54, 1.807) is 4.90 Å². The quantitative estimate of drug-likeness (QED) is 0.841.